The molecule has 0 spiro atoms. The summed E-state index contributed by atoms with van der Waals surface area (Å²) in [4.78, 5) is 0. The van der Waals surface area contributed by atoms with Crippen LogP contribution in [0.2, 0.25) is 0 Å². The molecule has 0 amide bonds. The van der Waals surface area contributed by atoms with Gasteiger partial charge in [-0.05, 0) is 50.0 Å². The Bertz CT molecular complexity index is 242. The Balaban J connectivity index is 1.74. The van der Waals surface area contributed by atoms with Gasteiger partial charge in [0, 0.05) is 12.5 Å². The lowest BCUT2D eigenvalue weighted by Crippen LogP contribution is -2.32. The van der Waals surface area contributed by atoms with Crippen molar-refractivity contribution < 1.29 is 13.2 Å². The van der Waals surface area contributed by atoms with Crippen LogP contribution in [0.3, 0.4) is 0 Å². The predicted molar refractivity (Wildman–Crippen MR) is 61.7 cm³/mol. The fourth-order valence-corrected chi connectivity index (χ4v) is 3.69. The highest BCUT2D eigenvalue weighted by molar-refractivity contribution is 5.06. The van der Waals surface area contributed by atoms with Gasteiger partial charge in [0.1, 0.15) is 0 Å². The molecule has 0 radical (unpaired) electrons. The third kappa shape index (κ3) is 3.36. The standard InChI is InChI=1S/C13H22F3N/c1-2-17-11(7-4-8-13(14,15)16)12-9-5-3-6-10(9)12/h9-12,17H,2-8H2,1H3. The second-order valence-electron chi connectivity index (χ2n) is 5.51. The lowest BCUT2D eigenvalue weighted by atomic mass is 9.99. The highest BCUT2D eigenvalue weighted by Gasteiger charge is 2.55. The molecule has 0 aromatic rings. The number of hydrogen-bond donors (Lipinski definition) is 1. The van der Waals surface area contributed by atoms with Crippen molar-refractivity contribution >= 4 is 0 Å². The summed E-state index contributed by atoms with van der Waals surface area (Å²) in [7, 11) is 0. The van der Waals surface area contributed by atoms with E-state index in [0.29, 0.717) is 18.4 Å². The quantitative estimate of drug-likeness (QED) is 0.756. The van der Waals surface area contributed by atoms with E-state index >= 15 is 0 Å². The molecule has 2 aliphatic rings. The molecular formula is C13H22F3N. The average Bonchev–Trinajstić information content (AvgIpc) is 2.68. The van der Waals surface area contributed by atoms with Gasteiger partial charge in [-0.3, -0.25) is 0 Å². The Morgan fingerprint density at radius 3 is 2.41 bits per heavy atom. The maximum atomic E-state index is 12.1. The maximum absolute atomic E-state index is 12.1. The van der Waals surface area contributed by atoms with Gasteiger partial charge in [0.2, 0.25) is 0 Å². The van der Waals surface area contributed by atoms with Gasteiger partial charge in [0.05, 0.1) is 0 Å². The molecule has 100 valence electrons. The van der Waals surface area contributed by atoms with Crippen LogP contribution in [0.5, 0.6) is 0 Å². The number of hydrogen-bond acceptors (Lipinski definition) is 1. The number of nitrogens with one attached hydrogen (secondary N) is 1. The van der Waals surface area contributed by atoms with E-state index in [9.17, 15) is 13.2 Å². The number of fused-ring (bicyclic) bond motifs is 1. The van der Waals surface area contributed by atoms with Gasteiger partial charge >= 0.3 is 6.18 Å². The molecule has 3 atom stereocenters. The normalized spacial score (nSPS) is 33.5. The largest absolute Gasteiger partial charge is 0.389 e. The summed E-state index contributed by atoms with van der Waals surface area (Å²) in [5.74, 6) is 2.33. The van der Waals surface area contributed by atoms with E-state index in [2.05, 4.69) is 5.32 Å². The lowest BCUT2D eigenvalue weighted by molar-refractivity contribution is -0.135. The first-order valence-corrected chi connectivity index (χ1v) is 6.83. The van der Waals surface area contributed by atoms with Gasteiger partial charge in [-0.2, -0.15) is 13.2 Å². The van der Waals surface area contributed by atoms with Crippen LogP contribution in [0.15, 0.2) is 0 Å². The zero-order chi connectivity index (χ0) is 12.5. The molecule has 3 unspecified atom stereocenters. The van der Waals surface area contributed by atoms with Crippen molar-refractivity contribution in [1.82, 2.24) is 5.32 Å². The predicted octanol–water partition coefficient (Wildman–Crippen LogP) is 3.74. The monoisotopic (exact) mass is 249 g/mol. The summed E-state index contributed by atoms with van der Waals surface area (Å²) in [6, 6.07) is 0.331. The van der Waals surface area contributed by atoms with Gasteiger partial charge in [-0.25, -0.2) is 0 Å². The summed E-state index contributed by atoms with van der Waals surface area (Å²) in [6.07, 6.45) is 0.273. The molecule has 0 heterocycles. The molecule has 1 nitrogen and oxygen atoms in total. The van der Waals surface area contributed by atoms with E-state index in [1.165, 1.54) is 19.3 Å². The van der Waals surface area contributed by atoms with Crippen LogP contribution >= 0.6 is 0 Å². The van der Waals surface area contributed by atoms with Crippen LogP contribution in [0.1, 0.15) is 45.4 Å². The molecule has 0 aromatic carbocycles. The second-order valence-corrected chi connectivity index (χ2v) is 5.51. The summed E-state index contributed by atoms with van der Waals surface area (Å²) in [5, 5.41) is 3.39. The van der Waals surface area contributed by atoms with Crippen molar-refractivity contribution in [3.05, 3.63) is 0 Å². The Morgan fingerprint density at radius 1 is 1.24 bits per heavy atom. The number of alkyl halides is 3. The molecule has 1 N–H and O–H groups in total. The zero-order valence-electron chi connectivity index (χ0n) is 10.4. The molecule has 0 aliphatic heterocycles. The molecule has 0 aromatic heterocycles. The van der Waals surface area contributed by atoms with Crippen molar-refractivity contribution in [2.24, 2.45) is 17.8 Å². The molecule has 2 aliphatic carbocycles. The van der Waals surface area contributed by atoms with Gasteiger partial charge < -0.3 is 5.32 Å². The van der Waals surface area contributed by atoms with E-state index in [4.69, 9.17) is 0 Å². The zero-order valence-corrected chi connectivity index (χ0v) is 10.4. The third-order valence-corrected chi connectivity index (χ3v) is 4.38. The van der Waals surface area contributed by atoms with Crippen LogP contribution in [0.25, 0.3) is 0 Å². The van der Waals surface area contributed by atoms with E-state index in [0.717, 1.165) is 18.4 Å². The van der Waals surface area contributed by atoms with Crippen LogP contribution in [0.4, 0.5) is 13.2 Å². The number of halogens is 3. The summed E-state index contributed by atoms with van der Waals surface area (Å²) < 4.78 is 36.4. The van der Waals surface area contributed by atoms with Crippen molar-refractivity contribution in [3.63, 3.8) is 0 Å². The van der Waals surface area contributed by atoms with Crippen molar-refractivity contribution in [3.8, 4) is 0 Å². The van der Waals surface area contributed by atoms with E-state index in [1.807, 2.05) is 6.92 Å². The van der Waals surface area contributed by atoms with Gasteiger partial charge in [0.25, 0.3) is 0 Å². The minimum Gasteiger partial charge on any atom is -0.314 e. The van der Waals surface area contributed by atoms with Crippen LogP contribution in [-0.4, -0.2) is 18.8 Å². The first-order chi connectivity index (χ1) is 8.03. The topological polar surface area (TPSA) is 12.0 Å². The highest BCUT2D eigenvalue weighted by Crippen LogP contribution is 2.59. The lowest BCUT2D eigenvalue weighted by Gasteiger charge is -2.20. The van der Waals surface area contributed by atoms with E-state index < -0.39 is 12.6 Å². The van der Waals surface area contributed by atoms with Gasteiger partial charge in [-0.1, -0.05) is 13.3 Å². The minimum atomic E-state index is -3.99. The Hall–Kier alpha value is -0.250. The maximum Gasteiger partial charge on any atom is 0.389 e. The van der Waals surface area contributed by atoms with Crippen LogP contribution in [0, 0.1) is 17.8 Å². The van der Waals surface area contributed by atoms with Crippen LogP contribution < -0.4 is 5.32 Å². The Kier molecular flexibility index (Phi) is 4.01. The van der Waals surface area contributed by atoms with Crippen molar-refractivity contribution in [1.29, 1.82) is 0 Å². The second kappa shape index (κ2) is 5.17. The highest BCUT2D eigenvalue weighted by atomic mass is 19.4. The molecular weight excluding hydrogens is 227 g/mol. The summed E-state index contributed by atoms with van der Waals surface area (Å²) in [5.41, 5.74) is 0. The summed E-state index contributed by atoms with van der Waals surface area (Å²) in [6.45, 7) is 2.90. The third-order valence-electron chi connectivity index (χ3n) is 4.38. The Labute approximate surface area is 101 Å². The SMILES string of the molecule is CCNC(CCCC(F)(F)F)C1C2CCCC21. The Morgan fingerprint density at radius 2 is 1.88 bits per heavy atom. The molecule has 2 saturated carbocycles. The van der Waals surface area contributed by atoms with Crippen LogP contribution in [-0.2, 0) is 0 Å². The minimum absolute atomic E-state index is 0.275. The average molecular weight is 249 g/mol. The fourth-order valence-electron chi connectivity index (χ4n) is 3.69. The van der Waals surface area contributed by atoms with E-state index in [-0.39, 0.29) is 6.42 Å². The van der Waals surface area contributed by atoms with E-state index in [1.54, 1.807) is 0 Å². The molecule has 17 heavy (non-hydrogen) atoms. The van der Waals surface area contributed by atoms with Gasteiger partial charge in [-0.15, -0.1) is 0 Å². The van der Waals surface area contributed by atoms with Crippen molar-refractivity contribution in [2.45, 2.75) is 57.7 Å². The molecule has 4 heteroatoms. The molecule has 0 bridgehead atoms. The number of rotatable bonds is 6. The first kappa shape index (κ1) is 13.2. The van der Waals surface area contributed by atoms with Crippen molar-refractivity contribution in [2.75, 3.05) is 6.54 Å². The fraction of sp³-hybridized carbons (Fsp3) is 1.00. The first-order valence-electron chi connectivity index (χ1n) is 6.83. The van der Waals surface area contributed by atoms with Gasteiger partial charge in [0.15, 0.2) is 0 Å². The summed E-state index contributed by atoms with van der Waals surface area (Å²) >= 11 is 0. The smallest absolute Gasteiger partial charge is 0.314 e. The molecule has 0 saturated heterocycles. The molecule has 2 rings (SSSR count). The molecule has 2 fully saturated rings.